The van der Waals surface area contributed by atoms with Crippen LogP contribution in [-0.4, -0.2) is 51.3 Å². The monoisotopic (exact) mass is 280 g/mol. The van der Waals surface area contributed by atoms with E-state index in [9.17, 15) is 0 Å². The van der Waals surface area contributed by atoms with Crippen molar-refractivity contribution in [3.8, 4) is 0 Å². The van der Waals surface area contributed by atoms with Crippen LogP contribution in [0.1, 0.15) is 0 Å². The van der Waals surface area contributed by atoms with Gasteiger partial charge in [0.2, 0.25) is 5.28 Å². The standard InChI is InChI=1S/C11H13ClN6O/c1-2-3-18-10-8(15-16-18)9(13-11(12)14-10)17-4-6-19-7-5-17/h2H,1,3-7H2. The van der Waals surface area contributed by atoms with E-state index in [4.69, 9.17) is 16.3 Å². The summed E-state index contributed by atoms with van der Waals surface area (Å²) < 4.78 is 6.99. The highest BCUT2D eigenvalue weighted by Crippen LogP contribution is 2.24. The van der Waals surface area contributed by atoms with E-state index in [1.807, 2.05) is 0 Å². The molecule has 3 rings (SSSR count). The first-order valence-electron chi connectivity index (χ1n) is 6.00. The Balaban J connectivity index is 2.10. The summed E-state index contributed by atoms with van der Waals surface area (Å²) in [5, 5.41) is 8.41. The van der Waals surface area contributed by atoms with Gasteiger partial charge in [0.1, 0.15) is 0 Å². The Kier molecular flexibility index (Phi) is 3.31. The maximum Gasteiger partial charge on any atom is 0.226 e. The molecule has 19 heavy (non-hydrogen) atoms. The molecule has 0 radical (unpaired) electrons. The molecule has 0 N–H and O–H groups in total. The minimum absolute atomic E-state index is 0.196. The molecule has 1 aliphatic rings. The average Bonchev–Trinajstić information content (AvgIpc) is 2.83. The third-order valence-electron chi connectivity index (χ3n) is 2.93. The normalized spacial score (nSPS) is 15.9. The van der Waals surface area contributed by atoms with Crippen molar-refractivity contribution >= 4 is 28.6 Å². The van der Waals surface area contributed by atoms with Crippen LogP contribution in [0.3, 0.4) is 0 Å². The van der Waals surface area contributed by atoms with Gasteiger partial charge in [-0.05, 0) is 11.6 Å². The van der Waals surface area contributed by atoms with E-state index in [1.165, 1.54) is 0 Å². The van der Waals surface area contributed by atoms with Crippen molar-refractivity contribution in [2.75, 3.05) is 31.2 Å². The van der Waals surface area contributed by atoms with Crippen molar-refractivity contribution < 1.29 is 4.74 Å². The second-order valence-corrected chi connectivity index (χ2v) is 4.49. The Morgan fingerprint density at radius 1 is 1.32 bits per heavy atom. The molecule has 0 amide bonds. The highest BCUT2D eigenvalue weighted by molar-refractivity contribution is 6.28. The highest BCUT2D eigenvalue weighted by atomic mass is 35.5. The zero-order chi connectivity index (χ0) is 13.2. The Bertz CT molecular complexity index is 606. The number of halogens is 1. The minimum atomic E-state index is 0.196. The molecule has 0 unspecified atom stereocenters. The zero-order valence-electron chi connectivity index (χ0n) is 10.3. The number of allylic oxidation sites excluding steroid dienone is 1. The van der Waals surface area contributed by atoms with Gasteiger partial charge in [-0.1, -0.05) is 11.3 Å². The van der Waals surface area contributed by atoms with Gasteiger partial charge < -0.3 is 9.64 Å². The van der Waals surface area contributed by atoms with Gasteiger partial charge in [-0.25, -0.2) is 4.68 Å². The predicted octanol–water partition coefficient (Wildman–Crippen LogP) is 0.897. The third kappa shape index (κ3) is 2.26. The lowest BCUT2D eigenvalue weighted by Crippen LogP contribution is -2.37. The number of hydrogen-bond acceptors (Lipinski definition) is 6. The molecule has 8 heteroatoms. The first-order valence-corrected chi connectivity index (χ1v) is 6.37. The van der Waals surface area contributed by atoms with E-state index >= 15 is 0 Å². The van der Waals surface area contributed by atoms with Gasteiger partial charge in [0, 0.05) is 13.1 Å². The molecule has 1 aliphatic heterocycles. The molecule has 0 saturated carbocycles. The van der Waals surface area contributed by atoms with Crippen LogP contribution in [-0.2, 0) is 11.3 Å². The van der Waals surface area contributed by atoms with Crippen LogP contribution in [0, 0.1) is 0 Å². The second kappa shape index (κ2) is 5.10. The lowest BCUT2D eigenvalue weighted by Gasteiger charge is -2.27. The molecule has 0 atom stereocenters. The molecular weight excluding hydrogens is 268 g/mol. The molecular formula is C11H13ClN6O. The number of rotatable bonds is 3. The molecule has 2 aromatic rings. The van der Waals surface area contributed by atoms with Crippen molar-refractivity contribution in [3.05, 3.63) is 17.9 Å². The SMILES string of the molecule is C=CCn1nnc2c(N3CCOCC3)nc(Cl)nc21. The molecule has 0 aliphatic carbocycles. The van der Waals surface area contributed by atoms with Gasteiger partial charge in [0.05, 0.1) is 19.8 Å². The van der Waals surface area contributed by atoms with Gasteiger partial charge in [0.15, 0.2) is 17.0 Å². The van der Waals surface area contributed by atoms with E-state index in [0.29, 0.717) is 36.7 Å². The second-order valence-electron chi connectivity index (χ2n) is 4.15. The molecule has 0 aromatic carbocycles. The number of fused-ring (bicyclic) bond motifs is 1. The van der Waals surface area contributed by atoms with Crippen molar-refractivity contribution in [2.24, 2.45) is 0 Å². The van der Waals surface area contributed by atoms with E-state index in [1.54, 1.807) is 10.8 Å². The predicted molar refractivity (Wildman–Crippen MR) is 71.4 cm³/mol. The minimum Gasteiger partial charge on any atom is -0.378 e. The van der Waals surface area contributed by atoms with Crippen LogP contribution >= 0.6 is 11.6 Å². The summed E-state index contributed by atoms with van der Waals surface area (Å²) in [6, 6.07) is 0. The van der Waals surface area contributed by atoms with Crippen molar-refractivity contribution in [3.63, 3.8) is 0 Å². The van der Waals surface area contributed by atoms with Crippen LogP contribution < -0.4 is 4.90 Å². The summed E-state index contributed by atoms with van der Waals surface area (Å²) in [4.78, 5) is 10.6. The van der Waals surface area contributed by atoms with Crippen molar-refractivity contribution in [1.29, 1.82) is 0 Å². The number of nitrogens with zero attached hydrogens (tertiary/aromatic N) is 6. The van der Waals surface area contributed by atoms with Gasteiger partial charge in [-0.3, -0.25) is 0 Å². The summed E-state index contributed by atoms with van der Waals surface area (Å²) in [5.41, 5.74) is 1.29. The fourth-order valence-corrected chi connectivity index (χ4v) is 2.22. The summed E-state index contributed by atoms with van der Waals surface area (Å²) >= 11 is 6.00. The Morgan fingerprint density at radius 3 is 2.84 bits per heavy atom. The van der Waals surface area contributed by atoms with Gasteiger partial charge in [-0.15, -0.1) is 11.7 Å². The van der Waals surface area contributed by atoms with E-state index in [-0.39, 0.29) is 5.28 Å². The molecule has 0 spiro atoms. The number of anilines is 1. The molecule has 7 nitrogen and oxygen atoms in total. The Morgan fingerprint density at radius 2 is 2.11 bits per heavy atom. The van der Waals surface area contributed by atoms with Crippen LogP contribution in [0.15, 0.2) is 12.7 Å². The fourth-order valence-electron chi connectivity index (χ4n) is 2.06. The summed E-state index contributed by atoms with van der Waals surface area (Å²) in [7, 11) is 0. The van der Waals surface area contributed by atoms with Gasteiger partial charge in [-0.2, -0.15) is 9.97 Å². The molecule has 1 fully saturated rings. The largest absolute Gasteiger partial charge is 0.378 e. The van der Waals surface area contributed by atoms with Gasteiger partial charge in [0.25, 0.3) is 0 Å². The first kappa shape index (κ1) is 12.3. The molecule has 3 heterocycles. The Labute approximate surface area is 114 Å². The van der Waals surface area contributed by atoms with Gasteiger partial charge >= 0.3 is 0 Å². The maximum atomic E-state index is 6.00. The average molecular weight is 281 g/mol. The van der Waals surface area contributed by atoms with Crippen molar-refractivity contribution in [2.45, 2.75) is 6.54 Å². The van der Waals surface area contributed by atoms with Crippen molar-refractivity contribution in [1.82, 2.24) is 25.0 Å². The number of ether oxygens (including phenoxy) is 1. The number of hydrogen-bond donors (Lipinski definition) is 0. The molecule has 0 bridgehead atoms. The summed E-state index contributed by atoms with van der Waals surface area (Å²) in [6.45, 7) is 7.08. The molecule has 100 valence electrons. The third-order valence-corrected chi connectivity index (χ3v) is 3.10. The van der Waals surface area contributed by atoms with Crippen LogP contribution in [0.5, 0.6) is 0 Å². The smallest absolute Gasteiger partial charge is 0.226 e. The highest BCUT2D eigenvalue weighted by Gasteiger charge is 2.20. The molecule has 1 saturated heterocycles. The summed E-state index contributed by atoms with van der Waals surface area (Å²) in [6.07, 6.45) is 1.73. The maximum absolute atomic E-state index is 6.00. The van der Waals surface area contributed by atoms with E-state index in [2.05, 4.69) is 31.8 Å². The van der Waals surface area contributed by atoms with Crippen LogP contribution in [0.2, 0.25) is 5.28 Å². The quantitative estimate of drug-likeness (QED) is 0.614. The fraction of sp³-hybridized carbons (Fsp3) is 0.455. The number of aromatic nitrogens is 5. The van der Waals surface area contributed by atoms with E-state index in [0.717, 1.165) is 13.1 Å². The topological polar surface area (TPSA) is 69.0 Å². The zero-order valence-corrected chi connectivity index (χ0v) is 11.0. The van der Waals surface area contributed by atoms with Crippen LogP contribution in [0.4, 0.5) is 5.82 Å². The van der Waals surface area contributed by atoms with Crippen LogP contribution in [0.25, 0.3) is 11.2 Å². The molecule has 2 aromatic heterocycles. The lowest BCUT2D eigenvalue weighted by molar-refractivity contribution is 0.122. The number of morpholine rings is 1. The Hall–Kier alpha value is -1.73. The summed E-state index contributed by atoms with van der Waals surface area (Å²) in [5.74, 6) is 0.716. The lowest BCUT2D eigenvalue weighted by atomic mass is 10.3. The first-order chi connectivity index (χ1) is 9.29. The van der Waals surface area contributed by atoms with E-state index < -0.39 is 0 Å².